The van der Waals surface area contributed by atoms with Gasteiger partial charge in [0.25, 0.3) is 0 Å². The van der Waals surface area contributed by atoms with Gasteiger partial charge in [0.15, 0.2) is 0 Å². The first-order chi connectivity index (χ1) is 6.69. The van der Waals surface area contributed by atoms with Gasteiger partial charge in [0, 0.05) is 10.6 Å². The molecule has 0 radical (unpaired) electrons. The van der Waals surface area contributed by atoms with E-state index in [1.165, 1.54) is 18.2 Å². The van der Waals surface area contributed by atoms with Gasteiger partial charge in [-0.05, 0) is 17.7 Å². The van der Waals surface area contributed by atoms with Gasteiger partial charge in [0.05, 0.1) is 11.1 Å². The molecule has 0 aliphatic rings. The normalized spacial score (nSPS) is 8.50. The minimum Gasteiger partial charge on any atom is -0.478 e. The predicted molar refractivity (Wildman–Crippen MR) is 46.9 cm³/mol. The Hall–Kier alpha value is -2.51. The van der Waals surface area contributed by atoms with Crippen molar-refractivity contribution in [2.24, 2.45) is 5.11 Å². The highest BCUT2D eigenvalue weighted by Crippen LogP contribution is 2.17. The number of carboxylic acids is 1. The van der Waals surface area contributed by atoms with Crippen molar-refractivity contribution in [2.45, 2.75) is 0 Å². The fraction of sp³-hybridized carbons (Fsp3) is 0. The lowest BCUT2D eigenvalue weighted by molar-refractivity contribution is 0.0696. The zero-order chi connectivity index (χ0) is 10.6. The molecular weight excluding hydrogens is 184 g/mol. The number of rotatable bonds is 2. The number of carboxylic acid groups (broad SMARTS) is 1. The molecule has 0 bridgehead atoms. The first-order valence-corrected chi connectivity index (χ1v) is 3.51. The Kier molecular flexibility index (Phi) is 2.69. The van der Waals surface area contributed by atoms with Crippen LogP contribution in [0.3, 0.4) is 0 Å². The molecule has 1 rings (SSSR count). The van der Waals surface area contributed by atoms with E-state index in [0.717, 1.165) is 0 Å². The first-order valence-electron chi connectivity index (χ1n) is 3.51. The molecule has 0 saturated carbocycles. The van der Waals surface area contributed by atoms with Crippen LogP contribution in [0.4, 0.5) is 5.69 Å². The smallest absolute Gasteiger partial charge is 0.337 e. The topological polar surface area (TPSA) is 110 Å². The third kappa shape index (κ3) is 1.80. The zero-order valence-electron chi connectivity index (χ0n) is 6.88. The van der Waals surface area contributed by atoms with Crippen LogP contribution in [0.2, 0.25) is 0 Å². The Morgan fingerprint density at radius 3 is 2.86 bits per heavy atom. The van der Waals surface area contributed by atoms with E-state index >= 15 is 0 Å². The van der Waals surface area contributed by atoms with Crippen LogP contribution in [-0.4, -0.2) is 11.1 Å². The molecule has 0 aliphatic heterocycles. The summed E-state index contributed by atoms with van der Waals surface area (Å²) < 4.78 is 0. The number of azide groups is 1. The second-order valence-corrected chi connectivity index (χ2v) is 2.34. The maximum atomic E-state index is 10.6. The van der Waals surface area contributed by atoms with Crippen LogP contribution < -0.4 is 0 Å². The number of benzene rings is 1. The van der Waals surface area contributed by atoms with E-state index in [2.05, 4.69) is 10.0 Å². The van der Waals surface area contributed by atoms with E-state index in [-0.39, 0.29) is 16.8 Å². The lowest BCUT2D eigenvalue weighted by atomic mass is 10.1. The van der Waals surface area contributed by atoms with Crippen molar-refractivity contribution in [3.8, 4) is 6.07 Å². The maximum absolute atomic E-state index is 10.6. The molecule has 1 aromatic rings. The lowest BCUT2D eigenvalue weighted by Gasteiger charge is -1.98. The average Bonchev–Trinajstić information content (AvgIpc) is 2.17. The van der Waals surface area contributed by atoms with Crippen molar-refractivity contribution in [3.63, 3.8) is 0 Å². The minimum atomic E-state index is -1.19. The van der Waals surface area contributed by atoms with Gasteiger partial charge in [-0.3, -0.25) is 0 Å². The molecule has 1 aromatic carbocycles. The molecule has 6 heteroatoms. The van der Waals surface area contributed by atoms with E-state index in [0.29, 0.717) is 0 Å². The Balaban J connectivity index is 3.33. The summed E-state index contributed by atoms with van der Waals surface area (Å²) in [7, 11) is 0. The van der Waals surface area contributed by atoms with Crippen molar-refractivity contribution in [3.05, 3.63) is 39.8 Å². The fourth-order valence-corrected chi connectivity index (χ4v) is 0.925. The van der Waals surface area contributed by atoms with E-state index < -0.39 is 5.97 Å². The molecule has 0 heterocycles. The highest BCUT2D eigenvalue weighted by molar-refractivity contribution is 5.91. The third-order valence-electron chi connectivity index (χ3n) is 1.51. The molecule has 0 atom stereocenters. The van der Waals surface area contributed by atoms with Gasteiger partial charge in [-0.1, -0.05) is 11.2 Å². The van der Waals surface area contributed by atoms with Crippen LogP contribution in [-0.2, 0) is 0 Å². The molecule has 68 valence electrons. The van der Waals surface area contributed by atoms with E-state index in [1.54, 1.807) is 6.07 Å². The summed E-state index contributed by atoms with van der Waals surface area (Å²) in [6.45, 7) is 0. The number of aromatic carboxylic acids is 1. The highest BCUT2D eigenvalue weighted by atomic mass is 16.4. The van der Waals surface area contributed by atoms with Crippen LogP contribution in [0.5, 0.6) is 0 Å². The summed E-state index contributed by atoms with van der Waals surface area (Å²) in [5, 5.41) is 20.5. The van der Waals surface area contributed by atoms with Gasteiger partial charge in [0.2, 0.25) is 0 Å². The largest absolute Gasteiger partial charge is 0.478 e. The van der Waals surface area contributed by atoms with Gasteiger partial charge in [-0.15, -0.1) is 0 Å². The van der Waals surface area contributed by atoms with Gasteiger partial charge in [-0.25, -0.2) is 4.79 Å². The molecule has 0 amide bonds. The van der Waals surface area contributed by atoms with E-state index in [4.69, 9.17) is 15.9 Å². The quantitative estimate of drug-likeness (QED) is 0.436. The van der Waals surface area contributed by atoms with Crippen molar-refractivity contribution in [1.29, 1.82) is 5.26 Å². The SMILES string of the molecule is N#Cc1cc(N=[N+]=[N-])ccc1C(=O)O. The van der Waals surface area contributed by atoms with Crippen molar-refractivity contribution >= 4 is 11.7 Å². The molecule has 1 N–H and O–H groups in total. The van der Waals surface area contributed by atoms with Crippen LogP contribution in [0.1, 0.15) is 15.9 Å². The summed E-state index contributed by atoms with van der Waals surface area (Å²) in [6, 6.07) is 5.50. The molecule has 14 heavy (non-hydrogen) atoms. The van der Waals surface area contributed by atoms with Crippen LogP contribution in [0.15, 0.2) is 23.3 Å². The molecule has 0 saturated heterocycles. The summed E-state index contributed by atoms with van der Waals surface area (Å²) in [4.78, 5) is 13.1. The maximum Gasteiger partial charge on any atom is 0.337 e. The average molecular weight is 188 g/mol. The highest BCUT2D eigenvalue weighted by Gasteiger charge is 2.09. The van der Waals surface area contributed by atoms with Crippen LogP contribution in [0, 0.1) is 11.3 Å². The van der Waals surface area contributed by atoms with E-state index in [9.17, 15) is 4.79 Å². The first kappa shape index (κ1) is 9.58. The van der Waals surface area contributed by atoms with Crippen molar-refractivity contribution < 1.29 is 9.90 Å². The summed E-state index contributed by atoms with van der Waals surface area (Å²) in [5.74, 6) is -1.19. The Labute approximate surface area is 78.6 Å². The standard InChI is InChI=1S/C8H4N4O2/c9-4-5-3-6(11-12-10)1-2-7(5)8(13)14/h1-3H,(H,13,14). The Morgan fingerprint density at radius 1 is 1.64 bits per heavy atom. The monoisotopic (exact) mass is 188 g/mol. The lowest BCUT2D eigenvalue weighted by Crippen LogP contribution is -1.99. The summed E-state index contributed by atoms with van der Waals surface area (Å²) in [5.41, 5.74) is 8.20. The number of hydrogen-bond donors (Lipinski definition) is 1. The second-order valence-electron chi connectivity index (χ2n) is 2.34. The summed E-state index contributed by atoms with van der Waals surface area (Å²) in [6.07, 6.45) is 0. The summed E-state index contributed by atoms with van der Waals surface area (Å²) >= 11 is 0. The number of nitriles is 1. The molecule has 0 aromatic heterocycles. The van der Waals surface area contributed by atoms with Gasteiger partial charge >= 0.3 is 5.97 Å². The third-order valence-corrected chi connectivity index (χ3v) is 1.51. The minimum absolute atomic E-state index is 0.0256. The Morgan fingerprint density at radius 2 is 2.36 bits per heavy atom. The van der Waals surface area contributed by atoms with Gasteiger partial charge < -0.3 is 5.11 Å². The predicted octanol–water partition coefficient (Wildman–Crippen LogP) is 2.20. The van der Waals surface area contributed by atoms with Gasteiger partial charge in [-0.2, -0.15) is 5.26 Å². The number of carbonyl (C=O) groups is 1. The number of nitrogens with zero attached hydrogens (tertiary/aromatic N) is 4. The molecule has 0 unspecified atom stereocenters. The van der Waals surface area contributed by atoms with Gasteiger partial charge in [0.1, 0.15) is 6.07 Å². The van der Waals surface area contributed by atoms with Crippen molar-refractivity contribution in [2.75, 3.05) is 0 Å². The molecule has 6 nitrogen and oxygen atoms in total. The van der Waals surface area contributed by atoms with Crippen LogP contribution in [0.25, 0.3) is 10.4 Å². The second kappa shape index (κ2) is 3.94. The Bertz CT molecular complexity index is 469. The van der Waals surface area contributed by atoms with E-state index in [1.807, 2.05) is 0 Å². The van der Waals surface area contributed by atoms with Crippen molar-refractivity contribution in [1.82, 2.24) is 0 Å². The zero-order valence-corrected chi connectivity index (χ0v) is 6.88. The molecular formula is C8H4N4O2. The molecule has 0 spiro atoms. The molecule has 0 fully saturated rings. The number of hydrogen-bond acceptors (Lipinski definition) is 3. The molecule has 0 aliphatic carbocycles. The fourth-order valence-electron chi connectivity index (χ4n) is 0.925. The van der Waals surface area contributed by atoms with Crippen LogP contribution >= 0.6 is 0 Å².